The normalized spacial score (nSPS) is 23.3. The van der Waals surface area contributed by atoms with Crippen LogP contribution in [0, 0.1) is 29.1 Å². The average molecular weight is 642 g/mol. The number of likely N-dealkylation sites (tertiary alicyclic amines) is 1. The van der Waals surface area contributed by atoms with E-state index in [1.165, 1.54) is 0 Å². The Kier molecular flexibility index (Phi) is 12.2. The van der Waals surface area contributed by atoms with Crippen molar-refractivity contribution >= 4 is 34.8 Å². The van der Waals surface area contributed by atoms with Gasteiger partial charge in [0.05, 0.1) is 21.4 Å². The summed E-state index contributed by atoms with van der Waals surface area (Å²) in [6.07, 6.45) is 9.89. The number of carboxylic acid groups (broad SMARTS) is 1. The van der Waals surface area contributed by atoms with Crippen molar-refractivity contribution in [2.45, 2.75) is 104 Å². The Bertz CT molecular complexity index is 1420. The van der Waals surface area contributed by atoms with Crippen LogP contribution in [0.3, 0.4) is 0 Å². The van der Waals surface area contributed by atoms with Gasteiger partial charge in [-0.25, -0.2) is 4.98 Å². The van der Waals surface area contributed by atoms with Gasteiger partial charge in [-0.1, -0.05) is 18.8 Å². The van der Waals surface area contributed by atoms with E-state index in [1.54, 1.807) is 29.3 Å². The first-order valence-electron chi connectivity index (χ1n) is 16.1. The molecule has 1 aliphatic heterocycles. The Balaban J connectivity index is 0.00000461. The van der Waals surface area contributed by atoms with Gasteiger partial charge >= 0.3 is 29.6 Å². The van der Waals surface area contributed by atoms with Crippen molar-refractivity contribution < 1.29 is 53.8 Å². The van der Waals surface area contributed by atoms with Gasteiger partial charge in [-0.2, -0.15) is 0 Å². The molecule has 0 aromatic carbocycles. The molecule has 5 rings (SSSR count). The van der Waals surface area contributed by atoms with Crippen molar-refractivity contribution in [3.8, 4) is 17.7 Å². The monoisotopic (exact) mass is 641 g/mol. The minimum absolute atomic E-state index is 0. The van der Waals surface area contributed by atoms with E-state index in [0.29, 0.717) is 53.6 Å². The Morgan fingerprint density at radius 1 is 1.02 bits per heavy atom. The number of carbonyl (C=O) groups excluding carboxylic acids is 3. The Morgan fingerprint density at radius 2 is 1.69 bits per heavy atom. The molecule has 2 aromatic rings. The summed E-state index contributed by atoms with van der Waals surface area (Å²) in [7, 11) is 0. The van der Waals surface area contributed by atoms with E-state index in [1.807, 2.05) is 25.7 Å². The zero-order valence-electron chi connectivity index (χ0n) is 27.4. The first-order valence-corrected chi connectivity index (χ1v) is 16.9. The van der Waals surface area contributed by atoms with E-state index in [2.05, 4.69) is 23.7 Å². The molecule has 0 N–H and O–H groups in total. The minimum Gasteiger partial charge on any atom is -0.544 e. The summed E-state index contributed by atoms with van der Waals surface area (Å²) in [6, 6.07) is 5.07. The molecular weight excluding hydrogens is 597 g/mol. The molecule has 3 aliphatic rings. The Hall–Kier alpha value is -2.38. The van der Waals surface area contributed by atoms with Crippen LogP contribution < -0.4 is 44.3 Å². The summed E-state index contributed by atoms with van der Waals surface area (Å²) in [5, 5.41) is 12.3. The number of amides is 2. The SMILES string of the molecule is CC1CCC(C(=O)N(c2cc(C#CC(C)(C)C)sc2C(=O)[O-])C2CCC(Oc3cc(C(=O)N4CCCC4)ccn3)CC2)CC1.[Na+]. The molecular formula is C35H44N3NaO5S. The maximum absolute atomic E-state index is 14.2. The molecule has 2 aromatic heterocycles. The van der Waals surface area contributed by atoms with Crippen molar-refractivity contribution in [1.29, 1.82) is 0 Å². The number of anilines is 1. The van der Waals surface area contributed by atoms with Crippen LogP contribution in [0.1, 0.15) is 117 Å². The van der Waals surface area contributed by atoms with Gasteiger partial charge in [-0.3, -0.25) is 9.59 Å². The number of pyridine rings is 1. The molecule has 1 saturated heterocycles. The van der Waals surface area contributed by atoms with E-state index in [9.17, 15) is 19.5 Å². The van der Waals surface area contributed by atoms with Gasteiger partial charge in [0, 0.05) is 48.3 Å². The molecule has 2 amide bonds. The summed E-state index contributed by atoms with van der Waals surface area (Å²) in [5.41, 5.74) is 0.756. The van der Waals surface area contributed by atoms with Crippen LogP contribution in [-0.2, 0) is 4.79 Å². The Morgan fingerprint density at radius 3 is 2.31 bits per heavy atom. The quantitative estimate of drug-likeness (QED) is 0.341. The number of rotatable bonds is 7. The molecule has 0 unspecified atom stereocenters. The van der Waals surface area contributed by atoms with Gasteiger partial charge in [0.25, 0.3) is 5.91 Å². The molecule has 236 valence electrons. The maximum atomic E-state index is 14.2. The molecule has 0 spiro atoms. The van der Waals surface area contributed by atoms with Gasteiger partial charge < -0.3 is 24.4 Å². The Labute approximate surface area is 293 Å². The van der Waals surface area contributed by atoms with Crippen molar-refractivity contribution in [3.63, 3.8) is 0 Å². The number of hydrogen-bond acceptors (Lipinski definition) is 7. The predicted octanol–water partition coefficient (Wildman–Crippen LogP) is 2.69. The molecule has 2 saturated carbocycles. The third-order valence-electron chi connectivity index (χ3n) is 8.99. The largest absolute Gasteiger partial charge is 1.00 e. The molecule has 0 radical (unpaired) electrons. The van der Waals surface area contributed by atoms with Gasteiger partial charge in [0.2, 0.25) is 11.8 Å². The summed E-state index contributed by atoms with van der Waals surface area (Å²) < 4.78 is 6.26. The van der Waals surface area contributed by atoms with Crippen LogP contribution >= 0.6 is 11.3 Å². The zero-order valence-corrected chi connectivity index (χ0v) is 30.2. The number of hydrogen-bond donors (Lipinski definition) is 0. The molecule has 3 heterocycles. The molecule has 3 fully saturated rings. The number of aromatic nitrogens is 1. The smallest absolute Gasteiger partial charge is 0.544 e. The van der Waals surface area contributed by atoms with Crippen LogP contribution in [0.25, 0.3) is 0 Å². The van der Waals surface area contributed by atoms with Crippen LogP contribution in [0.15, 0.2) is 24.4 Å². The van der Waals surface area contributed by atoms with E-state index >= 15 is 0 Å². The van der Waals surface area contributed by atoms with Gasteiger partial charge in [-0.05, 0) is 103 Å². The molecule has 0 atom stereocenters. The van der Waals surface area contributed by atoms with Crippen molar-refractivity contribution in [3.05, 3.63) is 39.7 Å². The topological polar surface area (TPSA) is 103 Å². The third-order valence-corrected chi connectivity index (χ3v) is 10.0. The molecule has 8 nitrogen and oxygen atoms in total. The van der Waals surface area contributed by atoms with E-state index < -0.39 is 5.97 Å². The van der Waals surface area contributed by atoms with Crippen molar-refractivity contribution in [1.82, 2.24) is 9.88 Å². The average Bonchev–Trinajstić information content (AvgIpc) is 3.68. The van der Waals surface area contributed by atoms with Gasteiger partial charge in [-0.15, -0.1) is 11.3 Å². The van der Waals surface area contributed by atoms with Crippen LogP contribution in [0.5, 0.6) is 5.88 Å². The summed E-state index contributed by atoms with van der Waals surface area (Å²) in [6.45, 7) is 9.80. The number of ether oxygens (including phenoxy) is 1. The summed E-state index contributed by atoms with van der Waals surface area (Å²) in [5.74, 6) is 5.95. The standard InChI is InChI=1S/C35H45N3O5S.Na/c1-23-7-9-24(10-8-23)33(40)38(29-22-28(15-17-35(2,3)4)44-31(29)34(41)42)26-11-13-27(14-12-26)43-30-21-25(16-18-36-30)32(39)37-19-5-6-20-37;/h16,18,21-24,26-27H,5-14,19-20H2,1-4H3,(H,41,42);/q;+1/p-1. The minimum atomic E-state index is -1.28. The first-order chi connectivity index (χ1) is 21.0. The number of thiophene rings is 1. The molecule has 10 heteroatoms. The number of nitrogens with zero attached hydrogens (tertiary/aromatic N) is 3. The number of aromatic carboxylic acids is 1. The molecule has 45 heavy (non-hydrogen) atoms. The fourth-order valence-electron chi connectivity index (χ4n) is 6.52. The zero-order chi connectivity index (χ0) is 31.4. The molecule has 0 bridgehead atoms. The molecule has 2 aliphatic carbocycles. The maximum Gasteiger partial charge on any atom is 1.00 e. The van der Waals surface area contributed by atoms with E-state index in [0.717, 1.165) is 63.0 Å². The third kappa shape index (κ3) is 9.12. The first kappa shape index (κ1) is 35.5. The fraction of sp³-hybridized carbons (Fsp3) is 0.600. The fourth-order valence-corrected chi connectivity index (χ4v) is 7.36. The second-order valence-electron chi connectivity index (χ2n) is 13.7. The second kappa shape index (κ2) is 15.5. The summed E-state index contributed by atoms with van der Waals surface area (Å²) >= 11 is 1.09. The number of carbonyl (C=O) groups is 3. The van der Waals surface area contributed by atoms with E-state index in [-0.39, 0.29) is 69.7 Å². The summed E-state index contributed by atoms with van der Waals surface area (Å²) in [4.78, 5) is 48.1. The van der Waals surface area contributed by atoms with Gasteiger partial charge in [0.1, 0.15) is 6.10 Å². The second-order valence-corrected chi connectivity index (χ2v) is 14.8. The van der Waals surface area contributed by atoms with E-state index in [4.69, 9.17) is 4.74 Å². The van der Waals surface area contributed by atoms with Crippen LogP contribution in [-0.4, -0.2) is 52.9 Å². The van der Waals surface area contributed by atoms with Crippen molar-refractivity contribution in [2.24, 2.45) is 17.3 Å². The number of carboxylic acids is 1. The van der Waals surface area contributed by atoms with Gasteiger partial charge in [0.15, 0.2) is 0 Å². The van der Waals surface area contributed by atoms with Crippen LogP contribution in [0.4, 0.5) is 5.69 Å². The predicted molar refractivity (Wildman–Crippen MR) is 170 cm³/mol. The van der Waals surface area contributed by atoms with Crippen LogP contribution in [0.2, 0.25) is 0 Å². The van der Waals surface area contributed by atoms with Crippen molar-refractivity contribution in [2.75, 3.05) is 18.0 Å².